The standard InChI is InChI=1S/C17H21N3O4/c1-20(10-16-18-15(19-24-16)7-8-22-2)17(21)13-9-12-5-3-4-6-14(12)23-11-13/h3-6,13H,7-11H2,1-2H3/t13-/m1/s1. The molecule has 3 rings (SSSR count). The predicted molar refractivity (Wildman–Crippen MR) is 85.5 cm³/mol. The second kappa shape index (κ2) is 7.44. The Labute approximate surface area is 140 Å². The molecule has 1 atom stereocenters. The summed E-state index contributed by atoms with van der Waals surface area (Å²) in [6.07, 6.45) is 1.27. The van der Waals surface area contributed by atoms with E-state index in [1.54, 1.807) is 19.1 Å². The van der Waals surface area contributed by atoms with E-state index in [0.717, 1.165) is 11.3 Å². The maximum absolute atomic E-state index is 12.6. The summed E-state index contributed by atoms with van der Waals surface area (Å²) < 4.78 is 15.9. The van der Waals surface area contributed by atoms with E-state index in [4.69, 9.17) is 14.0 Å². The topological polar surface area (TPSA) is 77.7 Å². The predicted octanol–water partition coefficient (Wildman–Crippen LogP) is 1.47. The van der Waals surface area contributed by atoms with Crippen LogP contribution < -0.4 is 4.74 Å². The van der Waals surface area contributed by atoms with Gasteiger partial charge < -0.3 is 18.9 Å². The van der Waals surface area contributed by atoms with E-state index in [1.807, 2.05) is 24.3 Å². The summed E-state index contributed by atoms with van der Waals surface area (Å²) in [5.41, 5.74) is 1.06. The van der Waals surface area contributed by atoms with E-state index in [0.29, 0.717) is 37.8 Å². The summed E-state index contributed by atoms with van der Waals surface area (Å²) >= 11 is 0. The number of para-hydroxylation sites is 1. The lowest BCUT2D eigenvalue weighted by Crippen LogP contribution is -2.38. The van der Waals surface area contributed by atoms with E-state index in [1.165, 1.54) is 0 Å². The smallest absolute Gasteiger partial charge is 0.246 e. The monoisotopic (exact) mass is 331 g/mol. The minimum atomic E-state index is -0.194. The average Bonchev–Trinajstić information content (AvgIpc) is 3.06. The molecule has 0 fully saturated rings. The van der Waals surface area contributed by atoms with Crippen molar-refractivity contribution in [1.29, 1.82) is 0 Å². The van der Waals surface area contributed by atoms with E-state index < -0.39 is 0 Å². The molecule has 2 heterocycles. The number of aromatic nitrogens is 2. The Morgan fingerprint density at radius 2 is 2.25 bits per heavy atom. The first kappa shape index (κ1) is 16.4. The number of carbonyl (C=O) groups is 1. The number of ether oxygens (including phenoxy) is 2. The largest absolute Gasteiger partial charge is 0.492 e. The van der Waals surface area contributed by atoms with Gasteiger partial charge >= 0.3 is 0 Å². The number of hydrogen-bond donors (Lipinski definition) is 0. The summed E-state index contributed by atoms with van der Waals surface area (Å²) in [6.45, 7) is 1.21. The molecule has 7 heteroatoms. The maximum Gasteiger partial charge on any atom is 0.246 e. The third-order valence-corrected chi connectivity index (χ3v) is 4.02. The fraction of sp³-hybridized carbons (Fsp3) is 0.471. The number of hydrogen-bond acceptors (Lipinski definition) is 6. The molecule has 0 N–H and O–H groups in total. The van der Waals surface area contributed by atoms with Crippen molar-refractivity contribution in [3.63, 3.8) is 0 Å². The van der Waals surface area contributed by atoms with Crippen molar-refractivity contribution in [2.45, 2.75) is 19.4 Å². The molecule has 128 valence electrons. The minimum absolute atomic E-state index is 0.0149. The molecule has 1 aromatic heterocycles. The van der Waals surface area contributed by atoms with Crippen molar-refractivity contribution in [3.05, 3.63) is 41.5 Å². The highest BCUT2D eigenvalue weighted by Crippen LogP contribution is 2.27. The molecule has 1 amide bonds. The van der Waals surface area contributed by atoms with Crippen molar-refractivity contribution in [3.8, 4) is 5.75 Å². The van der Waals surface area contributed by atoms with Gasteiger partial charge in [0.2, 0.25) is 11.8 Å². The Kier molecular flexibility index (Phi) is 5.10. The van der Waals surface area contributed by atoms with Crippen LogP contribution in [0.5, 0.6) is 5.75 Å². The Balaban J connectivity index is 1.58. The second-order valence-electron chi connectivity index (χ2n) is 5.86. The number of benzene rings is 1. The van der Waals surface area contributed by atoms with Crippen molar-refractivity contribution in [2.75, 3.05) is 27.4 Å². The molecule has 2 aromatic rings. The zero-order chi connectivity index (χ0) is 16.9. The van der Waals surface area contributed by atoms with Crippen molar-refractivity contribution < 1.29 is 18.8 Å². The first-order chi connectivity index (χ1) is 11.7. The zero-order valence-electron chi connectivity index (χ0n) is 13.9. The van der Waals surface area contributed by atoms with Gasteiger partial charge in [0, 0.05) is 20.6 Å². The second-order valence-corrected chi connectivity index (χ2v) is 5.86. The molecule has 1 aliphatic rings. The average molecular weight is 331 g/mol. The Morgan fingerprint density at radius 1 is 1.42 bits per heavy atom. The zero-order valence-corrected chi connectivity index (χ0v) is 13.9. The lowest BCUT2D eigenvalue weighted by atomic mass is 9.95. The fourth-order valence-corrected chi connectivity index (χ4v) is 2.73. The van der Waals surface area contributed by atoms with Gasteiger partial charge in [0.05, 0.1) is 19.1 Å². The van der Waals surface area contributed by atoms with Crippen LogP contribution in [0.2, 0.25) is 0 Å². The summed E-state index contributed by atoms with van der Waals surface area (Å²) in [5.74, 6) is 1.70. The van der Waals surface area contributed by atoms with E-state index in [-0.39, 0.29) is 18.4 Å². The van der Waals surface area contributed by atoms with Gasteiger partial charge in [-0.3, -0.25) is 4.79 Å². The van der Waals surface area contributed by atoms with Crippen LogP contribution in [-0.2, 0) is 28.9 Å². The SMILES string of the molecule is COCCc1noc(CN(C)C(=O)[C@H]2COc3ccccc3C2)n1. The van der Waals surface area contributed by atoms with E-state index in [9.17, 15) is 4.79 Å². The third-order valence-electron chi connectivity index (χ3n) is 4.02. The van der Waals surface area contributed by atoms with Gasteiger partial charge in [-0.25, -0.2) is 0 Å². The van der Waals surface area contributed by atoms with Crippen LogP contribution in [0.1, 0.15) is 17.3 Å². The Hall–Kier alpha value is -2.41. The molecule has 0 unspecified atom stereocenters. The lowest BCUT2D eigenvalue weighted by molar-refractivity contribution is -0.136. The number of methoxy groups -OCH3 is 1. The highest BCUT2D eigenvalue weighted by molar-refractivity contribution is 5.79. The molecule has 7 nitrogen and oxygen atoms in total. The number of nitrogens with zero attached hydrogens (tertiary/aromatic N) is 3. The van der Waals surface area contributed by atoms with Gasteiger partial charge in [-0.2, -0.15) is 4.98 Å². The van der Waals surface area contributed by atoms with Crippen molar-refractivity contribution in [2.24, 2.45) is 5.92 Å². The first-order valence-electron chi connectivity index (χ1n) is 7.93. The molecule has 0 saturated carbocycles. The molecule has 24 heavy (non-hydrogen) atoms. The van der Waals surface area contributed by atoms with Gasteiger partial charge in [-0.15, -0.1) is 0 Å². The van der Waals surface area contributed by atoms with Crippen molar-refractivity contribution >= 4 is 5.91 Å². The Bertz CT molecular complexity index is 701. The third kappa shape index (κ3) is 3.73. The van der Waals surface area contributed by atoms with E-state index in [2.05, 4.69) is 10.1 Å². The summed E-state index contributed by atoms with van der Waals surface area (Å²) in [4.78, 5) is 18.5. The lowest BCUT2D eigenvalue weighted by Gasteiger charge is -2.27. The maximum atomic E-state index is 12.6. The van der Waals surface area contributed by atoms with Crippen LogP contribution in [-0.4, -0.2) is 48.3 Å². The summed E-state index contributed by atoms with van der Waals surface area (Å²) in [6, 6.07) is 7.82. The van der Waals surface area contributed by atoms with Crippen LogP contribution in [0, 0.1) is 5.92 Å². The van der Waals surface area contributed by atoms with Crippen LogP contribution >= 0.6 is 0 Å². The van der Waals surface area contributed by atoms with Crippen molar-refractivity contribution in [1.82, 2.24) is 15.0 Å². The first-order valence-corrected chi connectivity index (χ1v) is 7.93. The molecule has 0 radical (unpaired) electrons. The van der Waals surface area contributed by atoms with Gasteiger partial charge in [0.1, 0.15) is 12.4 Å². The fourth-order valence-electron chi connectivity index (χ4n) is 2.73. The van der Waals surface area contributed by atoms with Crippen LogP contribution in [0.15, 0.2) is 28.8 Å². The molecule has 0 spiro atoms. The van der Waals surface area contributed by atoms with Gasteiger partial charge in [-0.1, -0.05) is 23.4 Å². The van der Waals surface area contributed by atoms with Crippen LogP contribution in [0.4, 0.5) is 0 Å². The van der Waals surface area contributed by atoms with Gasteiger partial charge in [0.15, 0.2) is 5.82 Å². The summed E-state index contributed by atoms with van der Waals surface area (Å²) in [5, 5.41) is 3.88. The van der Waals surface area contributed by atoms with E-state index >= 15 is 0 Å². The summed E-state index contributed by atoms with van der Waals surface area (Å²) in [7, 11) is 3.36. The molecule has 1 aromatic carbocycles. The molecular formula is C17H21N3O4. The number of rotatable bonds is 6. The molecule has 0 saturated heterocycles. The Morgan fingerprint density at radius 3 is 3.08 bits per heavy atom. The number of amides is 1. The highest BCUT2D eigenvalue weighted by atomic mass is 16.5. The molecular weight excluding hydrogens is 310 g/mol. The quantitative estimate of drug-likeness (QED) is 0.798. The van der Waals surface area contributed by atoms with Crippen LogP contribution in [0.25, 0.3) is 0 Å². The number of carbonyl (C=O) groups excluding carboxylic acids is 1. The highest BCUT2D eigenvalue weighted by Gasteiger charge is 2.28. The molecule has 1 aliphatic heterocycles. The van der Waals surface area contributed by atoms with Gasteiger partial charge in [-0.05, 0) is 18.1 Å². The minimum Gasteiger partial charge on any atom is -0.492 e. The van der Waals surface area contributed by atoms with Gasteiger partial charge in [0.25, 0.3) is 0 Å². The van der Waals surface area contributed by atoms with Crippen LogP contribution in [0.3, 0.4) is 0 Å². The molecule has 0 aliphatic carbocycles. The normalized spacial score (nSPS) is 16.3. The number of fused-ring (bicyclic) bond motifs is 1. The molecule has 0 bridgehead atoms.